The SMILES string of the molecule is C#CCN(CCC)C(=O)c1ccc(C)c(OC)c1. The van der Waals surface area contributed by atoms with Crippen molar-refractivity contribution in [2.45, 2.75) is 20.3 Å². The first-order valence-corrected chi connectivity index (χ1v) is 6.01. The Morgan fingerprint density at radius 2 is 2.22 bits per heavy atom. The fraction of sp³-hybridized carbons (Fsp3) is 0.400. The summed E-state index contributed by atoms with van der Waals surface area (Å²) in [6, 6.07) is 5.45. The van der Waals surface area contributed by atoms with Crippen molar-refractivity contribution in [2.75, 3.05) is 20.2 Å². The van der Waals surface area contributed by atoms with Crippen molar-refractivity contribution in [2.24, 2.45) is 0 Å². The van der Waals surface area contributed by atoms with Gasteiger partial charge in [0, 0.05) is 12.1 Å². The van der Waals surface area contributed by atoms with Crippen molar-refractivity contribution in [1.82, 2.24) is 4.90 Å². The summed E-state index contributed by atoms with van der Waals surface area (Å²) in [5, 5.41) is 0. The van der Waals surface area contributed by atoms with Crippen LogP contribution in [0.3, 0.4) is 0 Å². The lowest BCUT2D eigenvalue weighted by atomic mass is 10.1. The van der Waals surface area contributed by atoms with E-state index >= 15 is 0 Å². The summed E-state index contributed by atoms with van der Waals surface area (Å²) in [4.78, 5) is 13.9. The van der Waals surface area contributed by atoms with Crippen LogP contribution in [0.1, 0.15) is 29.3 Å². The van der Waals surface area contributed by atoms with E-state index in [1.54, 1.807) is 24.1 Å². The van der Waals surface area contributed by atoms with Crippen LogP contribution in [-0.2, 0) is 0 Å². The highest BCUT2D eigenvalue weighted by molar-refractivity contribution is 5.94. The van der Waals surface area contributed by atoms with E-state index in [1.165, 1.54) is 0 Å². The first-order valence-electron chi connectivity index (χ1n) is 6.01. The van der Waals surface area contributed by atoms with Crippen LogP contribution in [0.2, 0.25) is 0 Å². The molecule has 1 aromatic rings. The molecule has 0 heterocycles. The van der Waals surface area contributed by atoms with Crippen LogP contribution < -0.4 is 4.74 Å². The molecule has 0 saturated carbocycles. The number of aryl methyl sites for hydroxylation is 1. The van der Waals surface area contributed by atoms with E-state index in [0.717, 1.165) is 17.7 Å². The maximum atomic E-state index is 12.3. The van der Waals surface area contributed by atoms with Gasteiger partial charge in [0.25, 0.3) is 5.91 Å². The van der Waals surface area contributed by atoms with Crippen LogP contribution in [0.15, 0.2) is 18.2 Å². The molecule has 18 heavy (non-hydrogen) atoms. The third-order valence-corrected chi connectivity index (χ3v) is 2.72. The molecule has 0 aromatic heterocycles. The number of ether oxygens (including phenoxy) is 1. The van der Waals surface area contributed by atoms with Gasteiger partial charge in [-0.2, -0.15) is 0 Å². The van der Waals surface area contributed by atoms with Crippen LogP contribution in [0, 0.1) is 19.3 Å². The Bertz CT molecular complexity index is 460. The highest BCUT2D eigenvalue weighted by atomic mass is 16.5. The van der Waals surface area contributed by atoms with Crippen molar-refractivity contribution in [1.29, 1.82) is 0 Å². The highest BCUT2D eigenvalue weighted by Gasteiger charge is 2.15. The van der Waals surface area contributed by atoms with Gasteiger partial charge in [-0.25, -0.2) is 0 Å². The predicted octanol–water partition coefficient (Wildman–Crippen LogP) is 2.49. The van der Waals surface area contributed by atoms with E-state index in [1.807, 2.05) is 19.9 Å². The zero-order valence-electron chi connectivity index (χ0n) is 11.2. The second-order valence-electron chi connectivity index (χ2n) is 4.12. The first-order chi connectivity index (χ1) is 8.63. The van der Waals surface area contributed by atoms with Crippen molar-refractivity contribution in [3.8, 4) is 18.1 Å². The normalized spacial score (nSPS) is 9.67. The van der Waals surface area contributed by atoms with E-state index in [0.29, 0.717) is 18.7 Å². The Morgan fingerprint density at radius 1 is 1.50 bits per heavy atom. The topological polar surface area (TPSA) is 29.5 Å². The Hall–Kier alpha value is -1.95. The van der Waals surface area contributed by atoms with Gasteiger partial charge in [-0.1, -0.05) is 18.9 Å². The van der Waals surface area contributed by atoms with Gasteiger partial charge in [0.1, 0.15) is 5.75 Å². The number of benzene rings is 1. The summed E-state index contributed by atoms with van der Waals surface area (Å²) in [5.74, 6) is 3.19. The molecule has 96 valence electrons. The summed E-state index contributed by atoms with van der Waals surface area (Å²) in [6.07, 6.45) is 6.17. The fourth-order valence-corrected chi connectivity index (χ4v) is 1.77. The molecule has 0 atom stereocenters. The largest absolute Gasteiger partial charge is 0.496 e. The standard InChI is InChI=1S/C15H19NO2/c1-5-9-16(10-6-2)15(17)13-8-7-12(3)14(11-13)18-4/h1,7-8,11H,6,9-10H2,2-4H3. The Labute approximate surface area is 109 Å². The summed E-state index contributed by atoms with van der Waals surface area (Å²) >= 11 is 0. The van der Waals surface area contributed by atoms with Gasteiger partial charge in [0.2, 0.25) is 0 Å². The third-order valence-electron chi connectivity index (χ3n) is 2.72. The molecular weight excluding hydrogens is 226 g/mol. The monoisotopic (exact) mass is 245 g/mol. The number of hydrogen-bond donors (Lipinski definition) is 0. The molecule has 1 rings (SSSR count). The zero-order valence-corrected chi connectivity index (χ0v) is 11.2. The van der Waals surface area contributed by atoms with Gasteiger partial charge in [-0.3, -0.25) is 4.79 Å². The van der Waals surface area contributed by atoms with Crippen molar-refractivity contribution in [3.05, 3.63) is 29.3 Å². The van der Waals surface area contributed by atoms with Crippen LogP contribution in [0.25, 0.3) is 0 Å². The molecule has 0 aliphatic carbocycles. The molecule has 0 fully saturated rings. The minimum Gasteiger partial charge on any atom is -0.496 e. The highest BCUT2D eigenvalue weighted by Crippen LogP contribution is 2.20. The van der Waals surface area contributed by atoms with E-state index in [4.69, 9.17) is 11.2 Å². The summed E-state index contributed by atoms with van der Waals surface area (Å²) in [7, 11) is 1.60. The minimum absolute atomic E-state index is 0.0481. The molecule has 1 amide bonds. The van der Waals surface area contributed by atoms with Gasteiger partial charge in [0.05, 0.1) is 13.7 Å². The first kappa shape index (κ1) is 14.1. The van der Waals surface area contributed by atoms with Crippen molar-refractivity contribution >= 4 is 5.91 Å². The molecule has 3 heteroatoms. The van der Waals surface area contributed by atoms with E-state index in [2.05, 4.69) is 5.92 Å². The van der Waals surface area contributed by atoms with Crippen LogP contribution >= 0.6 is 0 Å². The molecule has 0 aliphatic heterocycles. The number of carbonyl (C=O) groups is 1. The Balaban J connectivity index is 2.98. The van der Waals surface area contributed by atoms with Crippen molar-refractivity contribution < 1.29 is 9.53 Å². The van der Waals surface area contributed by atoms with Gasteiger partial charge in [0.15, 0.2) is 0 Å². The average molecular weight is 245 g/mol. The molecule has 0 aliphatic rings. The third kappa shape index (κ3) is 3.27. The number of methoxy groups -OCH3 is 1. The molecule has 0 spiro atoms. The molecule has 0 unspecified atom stereocenters. The minimum atomic E-state index is -0.0481. The van der Waals surface area contributed by atoms with Crippen LogP contribution in [0.4, 0.5) is 0 Å². The second kappa shape index (κ2) is 6.70. The molecule has 3 nitrogen and oxygen atoms in total. The predicted molar refractivity (Wildman–Crippen MR) is 72.8 cm³/mol. The van der Waals surface area contributed by atoms with Gasteiger partial charge in [-0.15, -0.1) is 6.42 Å². The molecular formula is C15H19NO2. The molecule has 1 aromatic carbocycles. The zero-order chi connectivity index (χ0) is 13.5. The number of nitrogens with zero attached hydrogens (tertiary/aromatic N) is 1. The lowest BCUT2D eigenvalue weighted by Crippen LogP contribution is -2.32. The fourth-order valence-electron chi connectivity index (χ4n) is 1.77. The summed E-state index contributed by atoms with van der Waals surface area (Å²) in [6.45, 7) is 4.97. The lowest BCUT2D eigenvalue weighted by molar-refractivity contribution is 0.0776. The van der Waals surface area contributed by atoms with E-state index < -0.39 is 0 Å². The second-order valence-corrected chi connectivity index (χ2v) is 4.12. The lowest BCUT2D eigenvalue weighted by Gasteiger charge is -2.20. The van der Waals surface area contributed by atoms with E-state index in [9.17, 15) is 4.79 Å². The Morgan fingerprint density at radius 3 is 2.78 bits per heavy atom. The quantitative estimate of drug-likeness (QED) is 0.746. The van der Waals surface area contributed by atoms with Gasteiger partial charge >= 0.3 is 0 Å². The number of amides is 1. The number of hydrogen-bond acceptors (Lipinski definition) is 2. The maximum absolute atomic E-state index is 12.3. The van der Waals surface area contributed by atoms with Crippen LogP contribution in [0.5, 0.6) is 5.75 Å². The summed E-state index contributed by atoms with van der Waals surface area (Å²) < 4.78 is 5.22. The number of rotatable bonds is 5. The number of carbonyl (C=O) groups excluding carboxylic acids is 1. The van der Waals surface area contributed by atoms with Gasteiger partial charge in [-0.05, 0) is 31.0 Å². The van der Waals surface area contributed by atoms with Gasteiger partial charge < -0.3 is 9.64 Å². The van der Waals surface area contributed by atoms with E-state index in [-0.39, 0.29) is 5.91 Å². The molecule has 0 N–H and O–H groups in total. The van der Waals surface area contributed by atoms with Crippen molar-refractivity contribution in [3.63, 3.8) is 0 Å². The van der Waals surface area contributed by atoms with Crippen LogP contribution in [-0.4, -0.2) is 31.0 Å². The smallest absolute Gasteiger partial charge is 0.254 e. The number of terminal acetylenes is 1. The Kier molecular flexibility index (Phi) is 5.26. The average Bonchev–Trinajstić information content (AvgIpc) is 2.38. The maximum Gasteiger partial charge on any atom is 0.254 e. The summed E-state index contributed by atoms with van der Waals surface area (Å²) in [5.41, 5.74) is 1.62. The molecule has 0 radical (unpaired) electrons. The molecule has 0 bridgehead atoms. The molecule has 0 saturated heterocycles.